The molecule has 1 aliphatic carbocycles. The maximum atomic E-state index is 14.4. The maximum absolute atomic E-state index is 14.4. The Balaban J connectivity index is 1.64. The van der Waals surface area contributed by atoms with Gasteiger partial charge in [-0.05, 0) is 55.3 Å². The van der Waals surface area contributed by atoms with Crippen LogP contribution in [0.5, 0.6) is 0 Å². The lowest BCUT2D eigenvalue weighted by atomic mass is 9.92. The van der Waals surface area contributed by atoms with E-state index in [1.54, 1.807) is 24.4 Å². The molecule has 1 saturated carbocycles. The molecule has 1 amide bonds. The first-order chi connectivity index (χ1) is 14.0. The number of benzene rings is 1. The Morgan fingerprint density at radius 2 is 1.83 bits per heavy atom. The average molecular weight is 395 g/mol. The van der Waals surface area contributed by atoms with E-state index in [4.69, 9.17) is 5.73 Å². The number of halogens is 2. The van der Waals surface area contributed by atoms with Gasteiger partial charge in [-0.2, -0.15) is 0 Å². The molecule has 2 heterocycles. The van der Waals surface area contributed by atoms with Crippen molar-refractivity contribution in [1.29, 1.82) is 0 Å². The number of rotatable bonds is 5. The third-order valence-corrected chi connectivity index (χ3v) is 5.23. The minimum atomic E-state index is -0.655. The van der Waals surface area contributed by atoms with Crippen molar-refractivity contribution in [2.45, 2.75) is 31.2 Å². The molecule has 148 valence electrons. The van der Waals surface area contributed by atoms with E-state index in [1.165, 1.54) is 24.3 Å². The van der Waals surface area contributed by atoms with Crippen molar-refractivity contribution in [3.8, 4) is 11.3 Å². The van der Waals surface area contributed by atoms with Crippen LogP contribution in [0.25, 0.3) is 11.3 Å². The van der Waals surface area contributed by atoms with Crippen LogP contribution < -0.4 is 11.1 Å². The van der Waals surface area contributed by atoms with Crippen LogP contribution in [0.3, 0.4) is 0 Å². The van der Waals surface area contributed by atoms with Gasteiger partial charge in [0.2, 0.25) is 5.91 Å². The van der Waals surface area contributed by atoms with Gasteiger partial charge in [0.1, 0.15) is 23.1 Å². The van der Waals surface area contributed by atoms with Gasteiger partial charge in [0.15, 0.2) is 0 Å². The minimum Gasteiger partial charge on any atom is -0.366 e. The number of nitrogens with zero attached hydrogens (tertiary/aromatic N) is 3. The Morgan fingerprint density at radius 1 is 1.03 bits per heavy atom. The van der Waals surface area contributed by atoms with E-state index in [0.717, 1.165) is 25.7 Å². The van der Waals surface area contributed by atoms with Crippen LogP contribution in [-0.4, -0.2) is 21.1 Å². The van der Waals surface area contributed by atoms with Crippen LogP contribution in [0, 0.1) is 11.6 Å². The number of aromatic nitrogens is 3. The molecule has 1 aromatic carbocycles. The zero-order chi connectivity index (χ0) is 20.4. The second kappa shape index (κ2) is 7.54. The summed E-state index contributed by atoms with van der Waals surface area (Å²) < 4.78 is 28.6. The van der Waals surface area contributed by atoms with Crippen molar-refractivity contribution in [2.24, 2.45) is 5.73 Å². The van der Waals surface area contributed by atoms with Gasteiger partial charge >= 0.3 is 0 Å². The minimum absolute atomic E-state index is 0.131. The van der Waals surface area contributed by atoms with Gasteiger partial charge in [-0.1, -0.05) is 12.8 Å². The van der Waals surface area contributed by atoms with E-state index in [1.807, 2.05) is 0 Å². The molecule has 8 heteroatoms. The summed E-state index contributed by atoms with van der Waals surface area (Å²) in [6.45, 7) is 0. The highest BCUT2D eigenvalue weighted by Crippen LogP contribution is 2.41. The number of primary amides is 1. The monoisotopic (exact) mass is 395 g/mol. The lowest BCUT2D eigenvalue weighted by Crippen LogP contribution is -2.34. The van der Waals surface area contributed by atoms with E-state index in [9.17, 15) is 13.6 Å². The Hall–Kier alpha value is -3.42. The molecule has 0 bridgehead atoms. The van der Waals surface area contributed by atoms with Crippen molar-refractivity contribution < 1.29 is 13.6 Å². The van der Waals surface area contributed by atoms with Crippen LogP contribution in [0.15, 0.2) is 48.7 Å². The van der Waals surface area contributed by atoms with Gasteiger partial charge in [-0.15, -0.1) is 10.2 Å². The molecule has 4 rings (SSSR count). The van der Waals surface area contributed by atoms with Crippen LogP contribution in [-0.2, 0) is 5.54 Å². The molecule has 0 unspecified atom stereocenters. The fourth-order valence-corrected chi connectivity index (χ4v) is 3.80. The van der Waals surface area contributed by atoms with Crippen LogP contribution in [0.1, 0.15) is 41.7 Å². The molecular weight excluding hydrogens is 376 g/mol. The second-order valence-electron chi connectivity index (χ2n) is 7.11. The van der Waals surface area contributed by atoms with E-state index >= 15 is 0 Å². The van der Waals surface area contributed by atoms with Gasteiger partial charge in [-0.3, -0.25) is 9.78 Å². The fourth-order valence-electron chi connectivity index (χ4n) is 3.80. The first-order valence-electron chi connectivity index (χ1n) is 9.31. The second-order valence-corrected chi connectivity index (χ2v) is 7.11. The van der Waals surface area contributed by atoms with E-state index < -0.39 is 17.3 Å². The predicted molar refractivity (Wildman–Crippen MR) is 104 cm³/mol. The van der Waals surface area contributed by atoms with Crippen LogP contribution >= 0.6 is 0 Å². The summed E-state index contributed by atoms with van der Waals surface area (Å²) in [5.41, 5.74) is 5.55. The summed E-state index contributed by atoms with van der Waals surface area (Å²) in [4.78, 5) is 15.6. The van der Waals surface area contributed by atoms with Crippen LogP contribution in [0.4, 0.5) is 14.6 Å². The number of carbonyl (C=O) groups excluding carboxylic acids is 1. The number of anilines is 1. The van der Waals surface area contributed by atoms with Gasteiger partial charge in [-0.25, -0.2) is 8.78 Å². The SMILES string of the molecule is NC(=O)c1ccc(F)c(-c2ccc(NC3(c4ncccc4F)CCCC3)nn2)c1. The smallest absolute Gasteiger partial charge is 0.248 e. The number of hydrogen-bond donors (Lipinski definition) is 2. The molecule has 0 spiro atoms. The molecule has 2 aromatic heterocycles. The average Bonchev–Trinajstić information content (AvgIpc) is 3.18. The number of pyridine rings is 1. The topological polar surface area (TPSA) is 93.8 Å². The lowest BCUT2D eigenvalue weighted by molar-refractivity contribution is 0.100. The molecule has 1 aliphatic rings. The van der Waals surface area contributed by atoms with Gasteiger partial charge in [0, 0.05) is 17.3 Å². The molecule has 3 N–H and O–H groups in total. The number of nitrogens with one attached hydrogen (secondary N) is 1. The van der Waals surface area contributed by atoms with Crippen molar-refractivity contribution in [3.63, 3.8) is 0 Å². The van der Waals surface area contributed by atoms with Gasteiger partial charge < -0.3 is 11.1 Å². The molecule has 1 fully saturated rings. The molecule has 29 heavy (non-hydrogen) atoms. The summed E-state index contributed by atoms with van der Waals surface area (Å²) in [6.07, 6.45) is 4.90. The summed E-state index contributed by atoms with van der Waals surface area (Å²) in [7, 11) is 0. The molecular formula is C21H19F2N5O. The number of carbonyl (C=O) groups is 1. The van der Waals surface area contributed by atoms with Crippen molar-refractivity contribution in [1.82, 2.24) is 15.2 Å². The van der Waals surface area contributed by atoms with Crippen molar-refractivity contribution in [3.05, 3.63) is 71.6 Å². The zero-order valence-corrected chi connectivity index (χ0v) is 15.5. The Kier molecular flexibility index (Phi) is 4.92. The molecule has 0 radical (unpaired) electrons. The standard InChI is InChI=1S/C21H19F2N5O/c22-15-6-5-13(20(24)29)12-14(15)17-7-8-18(28-27-17)26-21(9-1-2-10-21)19-16(23)4-3-11-25-19/h3-8,11-12H,1-2,9-10H2,(H2,24,29)(H,26,28). The Bertz CT molecular complexity index is 1050. The van der Waals surface area contributed by atoms with E-state index in [2.05, 4.69) is 20.5 Å². The summed E-state index contributed by atoms with van der Waals surface area (Å²) in [6, 6.07) is 10.0. The normalized spacial score (nSPS) is 15.2. The van der Waals surface area contributed by atoms with E-state index in [-0.39, 0.29) is 22.6 Å². The van der Waals surface area contributed by atoms with Crippen molar-refractivity contribution in [2.75, 3.05) is 5.32 Å². The molecule has 0 saturated heterocycles. The number of nitrogens with two attached hydrogens (primary N) is 1. The number of hydrogen-bond acceptors (Lipinski definition) is 5. The summed E-state index contributed by atoms with van der Waals surface area (Å²) in [5.74, 6) is -1.12. The fraction of sp³-hybridized carbons (Fsp3) is 0.238. The van der Waals surface area contributed by atoms with Gasteiger partial charge in [0.05, 0.1) is 11.2 Å². The highest BCUT2D eigenvalue weighted by molar-refractivity contribution is 5.94. The van der Waals surface area contributed by atoms with Gasteiger partial charge in [0.25, 0.3) is 0 Å². The Morgan fingerprint density at radius 3 is 2.48 bits per heavy atom. The number of amides is 1. The largest absolute Gasteiger partial charge is 0.366 e. The summed E-state index contributed by atoms with van der Waals surface area (Å²) in [5, 5.41) is 11.5. The predicted octanol–water partition coefficient (Wildman–Crippen LogP) is 3.80. The first-order valence-corrected chi connectivity index (χ1v) is 9.31. The maximum Gasteiger partial charge on any atom is 0.248 e. The Labute approximate surface area is 166 Å². The highest BCUT2D eigenvalue weighted by Gasteiger charge is 2.39. The molecule has 3 aromatic rings. The third kappa shape index (κ3) is 3.65. The molecule has 6 nitrogen and oxygen atoms in total. The first kappa shape index (κ1) is 18.9. The summed E-state index contributed by atoms with van der Waals surface area (Å²) >= 11 is 0. The van der Waals surface area contributed by atoms with E-state index in [0.29, 0.717) is 11.5 Å². The highest BCUT2D eigenvalue weighted by atomic mass is 19.1. The zero-order valence-electron chi connectivity index (χ0n) is 15.5. The van der Waals surface area contributed by atoms with Crippen molar-refractivity contribution >= 4 is 11.7 Å². The molecule has 0 aliphatic heterocycles. The molecule has 0 atom stereocenters. The lowest BCUT2D eigenvalue weighted by Gasteiger charge is -2.30. The quantitative estimate of drug-likeness (QED) is 0.685. The van der Waals surface area contributed by atoms with Crippen LogP contribution in [0.2, 0.25) is 0 Å². The third-order valence-electron chi connectivity index (χ3n) is 5.23.